The molecule has 0 radical (unpaired) electrons. The molecule has 0 saturated carbocycles. The standard InChI is InChI=1S/C70H133NO5/c1-3-5-7-9-11-13-15-17-19-21-22-23-24-25-26-27-28-31-34-38-42-46-50-54-58-62-68(73)67(66-72)71-69(74)63-59-55-51-47-43-39-35-32-29-33-37-41-45-49-53-57-61-65-76-70(75)64-60-56-52-48-44-40-36-30-20-18-16-14-12-10-8-6-4-2/h18,20,29,33,41,45,67-68,72-73H,3-17,19,21-28,30-32,34-40,42-44,46-66H2,1-2H3,(H,71,74)/b20-18-,33-29-,45-41-. The Bertz CT molecular complexity index is 1230. The summed E-state index contributed by atoms with van der Waals surface area (Å²) >= 11 is 0. The molecule has 0 heterocycles. The Morgan fingerprint density at radius 2 is 0.658 bits per heavy atom. The molecular weight excluding hydrogens is 935 g/mol. The minimum Gasteiger partial charge on any atom is -0.466 e. The molecular formula is C70H133NO5. The summed E-state index contributed by atoms with van der Waals surface area (Å²) < 4.78 is 5.47. The molecule has 0 aromatic heterocycles. The molecule has 0 aliphatic carbocycles. The number of rotatable bonds is 64. The first-order valence-electron chi connectivity index (χ1n) is 34.2. The molecule has 0 aliphatic heterocycles. The number of hydrogen-bond donors (Lipinski definition) is 3. The summed E-state index contributed by atoms with van der Waals surface area (Å²) in [6.07, 6.45) is 83.2. The summed E-state index contributed by atoms with van der Waals surface area (Å²) in [6.45, 7) is 4.93. The summed E-state index contributed by atoms with van der Waals surface area (Å²) in [5.74, 6) is -0.0653. The first-order valence-corrected chi connectivity index (χ1v) is 34.2. The fourth-order valence-corrected chi connectivity index (χ4v) is 10.7. The van der Waals surface area contributed by atoms with Gasteiger partial charge in [0.2, 0.25) is 5.91 Å². The van der Waals surface area contributed by atoms with Crippen LogP contribution in [0.5, 0.6) is 0 Å². The maximum absolute atomic E-state index is 12.5. The molecule has 0 aliphatic rings. The van der Waals surface area contributed by atoms with Crippen molar-refractivity contribution < 1.29 is 24.5 Å². The second-order valence-corrected chi connectivity index (χ2v) is 23.5. The van der Waals surface area contributed by atoms with Crippen LogP contribution in [0.2, 0.25) is 0 Å². The smallest absolute Gasteiger partial charge is 0.305 e. The van der Waals surface area contributed by atoms with Crippen LogP contribution in [0.15, 0.2) is 36.5 Å². The van der Waals surface area contributed by atoms with Crippen LogP contribution >= 0.6 is 0 Å². The summed E-state index contributed by atoms with van der Waals surface area (Å²) in [7, 11) is 0. The second-order valence-electron chi connectivity index (χ2n) is 23.5. The summed E-state index contributed by atoms with van der Waals surface area (Å²) in [5, 5.41) is 23.4. The van der Waals surface area contributed by atoms with E-state index in [0.717, 1.165) is 83.5 Å². The lowest BCUT2D eigenvalue weighted by atomic mass is 10.0. The molecule has 76 heavy (non-hydrogen) atoms. The number of hydrogen-bond acceptors (Lipinski definition) is 5. The van der Waals surface area contributed by atoms with Gasteiger partial charge in [-0.1, -0.05) is 307 Å². The van der Waals surface area contributed by atoms with Crippen molar-refractivity contribution in [1.29, 1.82) is 0 Å². The molecule has 0 fully saturated rings. The van der Waals surface area contributed by atoms with Crippen LogP contribution < -0.4 is 5.32 Å². The largest absolute Gasteiger partial charge is 0.466 e. The molecule has 6 nitrogen and oxygen atoms in total. The third kappa shape index (κ3) is 61.3. The Hall–Kier alpha value is -1.92. The second kappa shape index (κ2) is 65.6. The van der Waals surface area contributed by atoms with Crippen LogP contribution in [0.1, 0.15) is 373 Å². The van der Waals surface area contributed by atoms with Gasteiger partial charge in [0, 0.05) is 12.8 Å². The Balaban J connectivity index is 3.47. The van der Waals surface area contributed by atoms with Crippen molar-refractivity contribution in [3.8, 4) is 0 Å². The Kier molecular flexibility index (Phi) is 63.9. The third-order valence-corrected chi connectivity index (χ3v) is 15.9. The van der Waals surface area contributed by atoms with Crippen molar-refractivity contribution in [3.05, 3.63) is 36.5 Å². The summed E-state index contributed by atoms with van der Waals surface area (Å²) in [4.78, 5) is 24.6. The van der Waals surface area contributed by atoms with Gasteiger partial charge < -0.3 is 20.3 Å². The van der Waals surface area contributed by atoms with Gasteiger partial charge in [0.25, 0.3) is 0 Å². The zero-order chi connectivity index (χ0) is 55.0. The van der Waals surface area contributed by atoms with Crippen molar-refractivity contribution in [3.63, 3.8) is 0 Å². The van der Waals surface area contributed by atoms with Crippen LogP contribution in [0, 0.1) is 0 Å². The number of allylic oxidation sites excluding steroid dienone is 6. The molecule has 6 heteroatoms. The minimum atomic E-state index is -0.677. The van der Waals surface area contributed by atoms with E-state index in [4.69, 9.17) is 4.74 Å². The van der Waals surface area contributed by atoms with Crippen LogP contribution in [0.3, 0.4) is 0 Å². The molecule has 0 rings (SSSR count). The monoisotopic (exact) mass is 1070 g/mol. The summed E-state index contributed by atoms with van der Waals surface area (Å²) in [5.41, 5.74) is 0. The molecule has 2 atom stereocenters. The highest BCUT2D eigenvalue weighted by atomic mass is 16.5. The maximum Gasteiger partial charge on any atom is 0.305 e. The van der Waals surface area contributed by atoms with Crippen LogP contribution in [0.4, 0.5) is 0 Å². The van der Waals surface area contributed by atoms with E-state index in [1.807, 2.05) is 0 Å². The molecule has 2 unspecified atom stereocenters. The van der Waals surface area contributed by atoms with Gasteiger partial charge in [-0.2, -0.15) is 0 Å². The Morgan fingerprint density at radius 3 is 1.01 bits per heavy atom. The van der Waals surface area contributed by atoms with Crippen molar-refractivity contribution >= 4 is 11.9 Å². The lowest BCUT2D eigenvalue weighted by Crippen LogP contribution is -2.45. The van der Waals surface area contributed by atoms with Gasteiger partial charge in [-0.05, 0) is 89.9 Å². The van der Waals surface area contributed by atoms with Gasteiger partial charge in [0.15, 0.2) is 0 Å². The first kappa shape index (κ1) is 74.1. The van der Waals surface area contributed by atoms with Crippen LogP contribution in [-0.4, -0.2) is 47.4 Å². The van der Waals surface area contributed by atoms with Gasteiger partial charge in [-0.3, -0.25) is 9.59 Å². The van der Waals surface area contributed by atoms with E-state index < -0.39 is 12.1 Å². The van der Waals surface area contributed by atoms with E-state index in [1.165, 1.54) is 257 Å². The number of ether oxygens (including phenoxy) is 1. The molecule has 0 aromatic carbocycles. The Morgan fingerprint density at radius 1 is 0.368 bits per heavy atom. The molecule has 0 bridgehead atoms. The first-order chi connectivity index (χ1) is 37.5. The highest BCUT2D eigenvalue weighted by Gasteiger charge is 2.20. The normalized spacial score (nSPS) is 12.7. The molecule has 0 saturated heterocycles. The SMILES string of the molecule is CCCCCCCC/C=C\CCCCCCCCCC(=O)OCCCCC/C=C\C/C=C\CCCCCCCCCC(=O)NC(CO)C(O)CCCCCCCCCCCCCCCCCCCCCCCCCCC. The average molecular weight is 1070 g/mol. The number of carbonyl (C=O) groups excluding carboxylic acids is 2. The van der Waals surface area contributed by atoms with Gasteiger partial charge in [0.1, 0.15) is 0 Å². The number of amides is 1. The average Bonchev–Trinajstić information content (AvgIpc) is 3.42. The van der Waals surface area contributed by atoms with Crippen molar-refractivity contribution in [2.24, 2.45) is 0 Å². The summed E-state index contributed by atoms with van der Waals surface area (Å²) in [6, 6.07) is -0.556. The van der Waals surface area contributed by atoms with E-state index in [-0.39, 0.29) is 18.5 Å². The lowest BCUT2D eigenvalue weighted by molar-refractivity contribution is -0.143. The molecule has 3 N–H and O–H groups in total. The highest BCUT2D eigenvalue weighted by molar-refractivity contribution is 5.76. The fraction of sp³-hybridized carbons (Fsp3) is 0.886. The minimum absolute atomic E-state index is 0.0179. The van der Waals surface area contributed by atoms with Crippen molar-refractivity contribution in [2.45, 2.75) is 386 Å². The zero-order valence-electron chi connectivity index (χ0n) is 51.3. The molecule has 1 amide bonds. The topological polar surface area (TPSA) is 95.9 Å². The van der Waals surface area contributed by atoms with E-state index >= 15 is 0 Å². The number of unbranched alkanes of at least 4 members (excludes halogenated alkanes) is 47. The third-order valence-electron chi connectivity index (χ3n) is 15.9. The predicted octanol–water partition coefficient (Wildman–Crippen LogP) is 21.9. The zero-order valence-corrected chi connectivity index (χ0v) is 51.3. The van der Waals surface area contributed by atoms with Gasteiger partial charge in [-0.25, -0.2) is 0 Å². The maximum atomic E-state index is 12.5. The Labute approximate surface area is 474 Å². The fourth-order valence-electron chi connectivity index (χ4n) is 10.7. The molecule has 0 spiro atoms. The quantitative estimate of drug-likeness (QED) is 0.0320. The van der Waals surface area contributed by atoms with Crippen LogP contribution in [0.25, 0.3) is 0 Å². The van der Waals surface area contributed by atoms with Gasteiger partial charge >= 0.3 is 5.97 Å². The van der Waals surface area contributed by atoms with Gasteiger partial charge in [0.05, 0.1) is 25.4 Å². The number of aliphatic hydroxyl groups is 2. The number of aliphatic hydroxyl groups excluding tert-OH is 2. The van der Waals surface area contributed by atoms with Crippen molar-refractivity contribution in [1.82, 2.24) is 5.32 Å². The van der Waals surface area contributed by atoms with E-state index in [9.17, 15) is 19.8 Å². The number of esters is 1. The number of nitrogens with one attached hydrogen (secondary N) is 1. The number of carbonyl (C=O) groups is 2. The van der Waals surface area contributed by atoms with Crippen molar-refractivity contribution in [2.75, 3.05) is 13.2 Å². The van der Waals surface area contributed by atoms with Crippen LogP contribution in [-0.2, 0) is 14.3 Å². The lowest BCUT2D eigenvalue weighted by Gasteiger charge is -2.22. The highest BCUT2D eigenvalue weighted by Crippen LogP contribution is 2.18. The predicted molar refractivity (Wildman–Crippen MR) is 333 cm³/mol. The van der Waals surface area contributed by atoms with E-state index in [2.05, 4.69) is 55.6 Å². The van der Waals surface area contributed by atoms with E-state index in [0.29, 0.717) is 25.9 Å². The molecule has 448 valence electrons. The van der Waals surface area contributed by atoms with E-state index in [1.54, 1.807) is 0 Å². The van der Waals surface area contributed by atoms with Gasteiger partial charge in [-0.15, -0.1) is 0 Å². The molecule has 0 aromatic rings.